The molecule has 0 unspecified atom stereocenters. The Morgan fingerprint density at radius 3 is 2.28 bits per heavy atom. The maximum Gasteiger partial charge on any atom is 0.349 e. The Morgan fingerprint density at radius 1 is 0.960 bits per heavy atom. The SMILES string of the molecule is CCOC(=O)c1ccc(OC(=O)COc2ccc(Br)cc2Br)c(Br)c1. The van der Waals surface area contributed by atoms with Gasteiger partial charge in [0.1, 0.15) is 11.5 Å². The van der Waals surface area contributed by atoms with Gasteiger partial charge in [0.05, 0.1) is 21.1 Å². The van der Waals surface area contributed by atoms with Crippen LogP contribution in [0, 0.1) is 0 Å². The summed E-state index contributed by atoms with van der Waals surface area (Å²) in [6.45, 7) is 1.76. The molecule has 0 N–H and O–H groups in total. The molecule has 0 radical (unpaired) electrons. The van der Waals surface area contributed by atoms with Gasteiger partial charge in [-0.1, -0.05) is 15.9 Å². The van der Waals surface area contributed by atoms with Crippen molar-refractivity contribution in [1.82, 2.24) is 0 Å². The number of esters is 2. The summed E-state index contributed by atoms with van der Waals surface area (Å²) < 4.78 is 17.7. The van der Waals surface area contributed by atoms with Crippen LogP contribution in [0.3, 0.4) is 0 Å². The van der Waals surface area contributed by atoms with Gasteiger partial charge in [-0.15, -0.1) is 0 Å². The van der Waals surface area contributed by atoms with Gasteiger partial charge in [-0.25, -0.2) is 9.59 Å². The first-order valence-electron chi connectivity index (χ1n) is 7.16. The fourth-order valence-electron chi connectivity index (χ4n) is 1.81. The van der Waals surface area contributed by atoms with E-state index in [0.29, 0.717) is 15.8 Å². The smallest absolute Gasteiger partial charge is 0.349 e. The molecule has 0 heterocycles. The summed E-state index contributed by atoms with van der Waals surface area (Å²) in [5, 5.41) is 0. The highest BCUT2D eigenvalue weighted by Gasteiger charge is 2.13. The van der Waals surface area contributed by atoms with Gasteiger partial charge in [-0.3, -0.25) is 0 Å². The third-order valence-electron chi connectivity index (χ3n) is 2.91. The molecule has 0 saturated carbocycles. The third kappa shape index (κ3) is 5.83. The molecule has 2 aromatic rings. The highest BCUT2D eigenvalue weighted by molar-refractivity contribution is 9.11. The van der Waals surface area contributed by atoms with Crippen molar-refractivity contribution in [3.05, 3.63) is 55.4 Å². The minimum atomic E-state index is -0.570. The molecule has 25 heavy (non-hydrogen) atoms. The van der Waals surface area contributed by atoms with Crippen LogP contribution < -0.4 is 9.47 Å². The fourth-order valence-corrected chi connectivity index (χ4v) is 3.43. The van der Waals surface area contributed by atoms with Crippen molar-refractivity contribution in [2.24, 2.45) is 0 Å². The monoisotopic (exact) mass is 534 g/mol. The Hall–Kier alpha value is -1.38. The van der Waals surface area contributed by atoms with Crippen LogP contribution in [-0.2, 0) is 9.53 Å². The molecule has 0 amide bonds. The van der Waals surface area contributed by atoms with Gasteiger partial charge in [0.25, 0.3) is 0 Å². The van der Waals surface area contributed by atoms with Crippen LogP contribution in [-0.4, -0.2) is 25.2 Å². The van der Waals surface area contributed by atoms with Crippen molar-refractivity contribution in [1.29, 1.82) is 0 Å². The van der Waals surface area contributed by atoms with Crippen LogP contribution >= 0.6 is 47.8 Å². The molecular formula is C17H13Br3O5. The first kappa shape index (κ1) is 19.9. The molecule has 0 aliphatic heterocycles. The van der Waals surface area contributed by atoms with Crippen molar-refractivity contribution in [2.75, 3.05) is 13.2 Å². The number of hydrogen-bond acceptors (Lipinski definition) is 5. The number of carbonyl (C=O) groups excluding carboxylic acids is 2. The first-order valence-corrected chi connectivity index (χ1v) is 9.53. The van der Waals surface area contributed by atoms with E-state index in [1.54, 1.807) is 19.1 Å². The Morgan fingerprint density at radius 2 is 1.64 bits per heavy atom. The second-order valence-electron chi connectivity index (χ2n) is 4.70. The summed E-state index contributed by atoms with van der Waals surface area (Å²) >= 11 is 9.96. The largest absolute Gasteiger partial charge is 0.481 e. The van der Waals surface area contributed by atoms with E-state index in [1.807, 2.05) is 6.07 Å². The molecule has 0 atom stereocenters. The van der Waals surface area contributed by atoms with Crippen molar-refractivity contribution in [2.45, 2.75) is 6.92 Å². The summed E-state index contributed by atoms with van der Waals surface area (Å²) in [7, 11) is 0. The average Bonchev–Trinajstić information content (AvgIpc) is 2.56. The van der Waals surface area contributed by atoms with Crippen LogP contribution in [0.4, 0.5) is 0 Å². The number of halogens is 3. The molecule has 0 saturated heterocycles. The predicted molar refractivity (Wildman–Crippen MR) is 103 cm³/mol. The lowest BCUT2D eigenvalue weighted by Crippen LogP contribution is -2.18. The zero-order valence-corrected chi connectivity index (χ0v) is 17.8. The predicted octanol–water partition coefficient (Wildman–Crippen LogP) is 5.14. The molecule has 0 aliphatic rings. The van der Waals surface area contributed by atoms with Crippen LogP contribution in [0.25, 0.3) is 0 Å². The van der Waals surface area contributed by atoms with Gasteiger partial charge in [-0.2, -0.15) is 0 Å². The summed E-state index contributed by atoms with van der Waals surface area (Å²) in [6, 6.07) is 9.92. The van der Waals surface area contributed by atoms with Gasteiger partial charge in [-0.05, 0) is 75.2 Å². The van der Waals surface area contributed by atoms with E-state index in [0.717, 1.165) is 8.95 Å². The second-order valence-corrected chi connectivity index (χ2v) is 7.33. The van der Waals surface area contributed by atoms with E-state index < -0.39 is 11.9 Å². The summed E-state index contributed by atoms with van der Waals surface area (Å²) in [5.74, 6) is -0.197. The molecule has 0 aliphatic carbocycles. The van der Waals surface area contributed by atoms with E-state index in [2.05, 4.69) is 47.8 Å². The highest BCUT2D eigenvalue weighted by Crippen LogP contribution is 2.29. The van der Waals surface area contributed by atoms with Crippen LogP contribution in [0.5, 0.6) is 11.5 Å². The molecule has 8 heteroatoms. The van der Waals surface area contributed by atoms with Gasteiger partial charge in [0.2, 0.25) is 0 Å². The van der Waals surface area contributed by atoms with E-state index in [4.69, 9.17) is 14.2 Å². The molecule has 132 valence electrons. The van der Waals surface area contributed by atoms with Crippen LogP contribution in [0.15, 0.2) is 49.8 Å². The minimum absolute atomic E-state index is 0.258. The van der Waals surface area contributed by atoms with Gasteiger partial charge in [0.15, 0.2) is 6.61 Å². The fraction of sp³-hybridized carbons (Fsp3) is 0.176. The van der Waals surface area contributed by atoms with Crippen LogP contribution in [0.2, 0.25) is 0 Å². The molecule has 2 aromatic carbocycles. The Balaban J connectivity index is 1.97. The van der Waals surface area contributed by atoms with Gasteiger partial charge in [0, 0.05) is 4.47 Å². The quantitative estimate of drug-likeness (QED) is 0.378. The summed E-state index contributed by atoms with van der Waals surface area (Å²) in [6.07, 6.45) is 0. The van der Waals surface area contributed by atoms with Crippen LogP contribution in [0.1, 0.15) is 17.3 Å². The first-order chi connectivity index (χ1) is 11.9. The Kier molecular flexibility index (Phi) is 7.46. The molecule has 0 fully saturated rings. The van der Waals surface area contributed by atoms with E-state index in [1.165, 1.54) is 18.2 Å². The zero-order valence-electron chi connectivity index (χ0n) is 13.1. The molecular weight excluding hydrogens is 524 g/mol. The average molecular weight is 537 g/mol. The van der Waals surface area contributed by atoms with Gasteiger partial charge >= 0.3 is 11.9 Å². The molecule has 0 bridgehead atoms. The summed E-state index contributed by atoms with van der Waals surface area (Å²) in [5.41, 5.74) is 0.364. The van der Waals surface area contributed by atoms with E-state index >= 15 is 0 Å². The van der Waals surface area contributed by atoms with E-state index in [-0.39, 0.29) is 19.0 Å². The van der Waals surface area contributed by atoms with E-state index in [9.17, 15) is 9.59 Å². The molecule has 5 nitrogen and oxygen atoms in total. The number of hydrogen-bond donors (Lipinski definition) is 0. The van der Waals surface area contributed by atoms with Crippen molar-refractivity contribution in [3.63, 3.8) is 0 Å². The maximum absolute atomic E-state index is 12.0. The maximum atomic E-state index is 12.0. The topological polar surface area (TPSA) is 61.8 Å². The number of benzene rings is 2. The van der Waals surface area contributed by atoms with Crippen molar-refractivity contribution < 1.29 is 23.8 Å². The lowest BCUT2D eigenvalue weighted by atomic mass is 10.2. The zero-order chi connectivity index (χ0) is 18.4. The lowest BCUT2D eigenvalue weighted by Gasteiger charge is -2.10. The summed E-state index contributed by atoms with van der Waals surface area (Å²) in [4.78, 5) is 23.6. The third-order valence-corrected chi connectivity index (χ3v) is 4.64. The van der Waals surface area contributed by atoms with Gasteiger partial charge < -0.3 is 14.2 Å². The standard InChI is InChI=1S/C17H13Br3O5/c1-2-23-17(22)10-3-5-15(12(19)7-10)25-16(21)9-24-14-6-4-11(18)8-13(14)20/h3-8H,2,9H2,1H3. The number of ether oxygens (including phenoxy) is 3. The van der Waals surface area contributed by atoms with Crippen molar-refractivity contribution in [3.8, 4) is 11.5 Å². The second kappa shape index (κ2) is 9.35. The Bertz CT molecular complexity index is 792. The Labute approximate surface area is 170 Å². The number of carbonyl (C=O) groups is 2. The molecule has 0 spiro atoms. The molecule has 2 rings (SSSR count). The minimum Gasteiger partial charge on any atom is -0.481 e. The normalized spacial score (nSPS) is 10.2. The lowest BCUT2D eigenvalue weighted by molar-refractivity contribution is -0.136. The highest BCUT2D eigenvalue weighted by atomic mass is 79.9. The van der Waals surface area contributed by atoms with Crippen molar-refractivity contribution >= 4 is 59.7 Å². The molecule has 0 aromatic heterocycles. The number of rotatable bonds is 6.